The van der Waals surface area contributed by atoms with Crippen LogP contribution < -0.4 is 5.32 Å². The molecule has 0 unspecified atom stereocenters. The van der Waals surface area contributed by atoms with Crippen LogP contribution >= 0.6 is 0 Å². The molecule has 2 aromatic rings. The van der Waals surface area contributed by atoms with E-state index in [2.05, 4.69) is 57.6 Å². The lowest BCUT2D eigenvalue weighted by Crippen LogP contribution is -2.24. The van der Waals surface area contributed by atoms with Crippen molar-refractivity contribution in [1.29, 1.82) is 0 Å². The monoisotopic (exact) mass is 302 g/mol. The summed E-state index contributed by atoms with van der Waals surface area (Å²) in [4.78, 5) is 0. The highest BCUT2D eigenvalue weighted by Gasteiger charge is 2.23. The molecule has 0 amide bonds. The maximum Gasteiger partial charge on any atom is 0.165 e. The molecule has 1 aliphatic carbocycles. The molecular formula is C16H26N6. The zero-order valence-corrected chi connectivity index (χ0v) is 13.6. The Morgan fingerprint density at radius 3 is 2.91 bits per heavy atom. The summed E-state index contributed by atoms with van der Waals surface area (Å²) in [5.74, 6) is 1.68. The van der Waals surface area contributed by atoms with Gasteiger partial charge in [-0.15, -0.1) is 5.10 Å². The van der Waals surface area contributed by atoms with Crippen molar-refractivity contribution in [1.82, 2.24) is 30.1 Å². The lowest BCUT2D eigenvalue weighted by molar-refractivity contribution is 0.275. The summed E-state index contributed by atoms with van der Waals surface area (Å²) in [6, 6.07) is 4.82. The van der Waals surface area contributed by atoms with E-state index in [1.807, 2.05) is 4.68 Å². The van der Waals surface area contributed by atoms with Crippen LogP contribution in [0.5, 0.6) is 0 Å². The fourth-order valence-corrected chi connectivity index (χ4v) is 2.77. The molecule has 0 bridgehead atoms. The normalized spacial score (nSPS) is 15.4. The second-order valence-corrected chi connectivity index (χ2v) is 6.60. The van der Waals surface area contributed by atoms with E-state index in [-0.39, 0.29) is 0 Å². The van der Waals surface area contributed by atoms with Crippen LogP contribution in [0.3, 0.4) is 0 Å². The minimum atomic E-state index is 0.515. The molecule has 6 nitrogen and oxygen atoms in total. The average Bonchev–Trinajstić information content (AvgIpc) is 3.05. The van der Waals surface area contributed by atoms with Crippen LogP contribution in [-0.4, -0.2) is 24.8 Å². The van der Waals surface area contributed by atoms with Gasteiger partial charge >= 0.3 is 0 Å². The highest BCUT2D eigenvalue weighted by atomic mass is 15.6. The van der Waals surface area contributed by atoms with Gasteiger partial charge in [-0.05, 0) is 54.2 Å². The third-order valence-corrected chi connectivity index (χ3v) is 4.44. The van der Waals surface area contributed by atoms with Crippen molar-refractivity contribution < 1.29 is 0 Å². The maximum atomic E-state index is 4.15. The molecule has 0 atom stereocenters. The number of nitrogens with zero attached hydrogens (tertiary/aromatic N) is 5. The number of nitrogens with one attached hydrogen (secondary N) is 1. The first-order valence-corrected chi connectivity index (χ1v) is 8.35. The van der Waals surface area contributed by atoms with Crippen LogP contribution in [0.15, 0.2) is 18.3 Å². The second-order valence-electron chi connectivity index (χ2n) is 6.60. The Morgan fingerprint density at radius 2 is 2.18 bits per heavy atom. The minimum Gasteiger partial charge on any atom is -0.350 e. The van der Waals surface area contributed by atoms with Gasteiger partial charge in [0.15, 0.2) is 5.82 Å². The fourth-order valence-electron chi connectivity index (χ4n) is 2.77. The zero-order valence-electron chi connectivity index (χ0n) is 13.6. The standard InChI is InChI=1S/C16H26N6/c1-13(2)8-10-21-9-4-7-15(21)11-17-12-16-18-19-20-22(16)14-5-3-6-14/h4,7,9,13-14,17H,3,5-6,8,10-12H2,1-2H3. The quantitative estimate of drug-likeness (QED) is 0.814. The van der Waals surface area contributed by atoms with E-state index in [1.165, 1.54) is 31.4 Å². The molecule has 0 aliphatic heterocycles. The van der Waals surface area contributed by atoms with Crippen molar-refractivity contribution in [3.8, 4) is 0 Å². The van der Waals surface area contributed by atoms with E-state index < -0.39 is 0 Å². The number of rotatable bonds is 8. The predicted octanol–water partition coefficient (Wildman–Crippen LogP) is 2.54. The third kappa shape index (κ3) is 3.55. The molecule has 0 saturated heterocycles. The Hall–Kier alpha value is -1.69. The largest absolute Gasteiger partial charge is 0.350 e. The molecule has 2 aromatic heterocycles. The Balaban J connectivity index is 1.51. The average molecular weight is 302 g/mol. The van der Waals surface area contributed by atoms with Crippen LogP contribution in [-0.2, 0) is 19.6 Å². The lowest BCUT2D eigenvalue weighted by atomic mass is 9.93. The zero-order chi connectivity index (χ0) is 15.4. The summed E-state index contributed by atoms with van der Waals surface area (Å²) in [6.07, 6.45) is 7.08. The molecule has 0 radical (unpaired) electrons. The SMILES string of the molecule is CC(C)CCn1cccc1CNCc1nnnn1C1CCC1. The van der Waals surface area contributed by atoms with Crippen molar-refractivity contribution in [3.63, 3.8) is 0 Å². The summed E-state index contributed by atoms with van der Waals surface area (Å²) in [6.45, 7) is 7.19. The molecule has 0 spiro atoms. The van der Waals surface area contributed by atoms with Crippen molar-refractivity contribution in [2.24, 2.45) is 5.92 Å². The molecular weight excluding hydrogens is 276 g/mol. The van der Waals surface area contributed by atoms with Gasteiger partial charge in [0, 0.05) is 25.0 Å². The van der Waals surface area contributed by atoms with Crippen LogP contribution in [0.1, 0.15) is 57.1 Å². The molecule has 6 heteroatoms. The molecule has 22 heavy (non-hydrogen) atoms. The van der Waals surface area contributed by atoms with Crippen molar-refractivity contribution in [2.45, 2.75) is 65.2 Å². The summed E-state index contributed by atoms with van der Waals surface area (Å²) in [5, 5.41) is 15.6. The molecule has 2 heterocycles. The Bertz CT molecular complexity index is 581. The van der Waals surface area contributed by atoms with E-state index in [9.17, 15) is 0 Å². The minimum absolute atomic E-state index is 0.515. The number of tetrazole rings is 1. The third-order valence-electron chi connectivity index (χ3n) is 4.44. The Morgan fingerprint density at radius 1 is 1.32 bits per heavy atom. The van der Waals surface area contributed by atoms with Crippen LogP contribution in [0.2, 0.25) is 0 Å². The molecule has 1 saturated carbocycles. The summed E-state index contributed by atoms with van der Waals surface area (Å²) >= 11 is 0. The van der Waals surface area contributed by atoms with E-state index in [4.69, 9.17) is 0 Å². The molecule has 1 N–H and O–H groups in total. The first-order chi connectivity index (χ1) is 10.7. The maximum absolute atomic E-state index is 4.15. The summed E-state index contributed by atoms with van der Waals surface area (Å²) < 4.78 is 4.33. The van der Waals surface area contributed by atoms with Gasteiger partial charge in [-0.25, -0.2) is 4.68 Å². The predicted molar refractivity (Wildman–Crippen MR) is 85.1 cm³/mol. The number of hydrogen-bond acceptors (Lipinski definition) is 4. The van der Waals surface area contributed by atoms with Crippen LogP contribution in [0, 0.1) is 5.92 Å². The first kappa shape index (κ1) is 15.2. The molecule has 3 rings (SSSR count). The highest BCUT2D eigenvalue weighted by molar-refractivity contribution is 5.07. The molecule has 1 fully saturated rings. The Kier molecular flexibility index (Phi) is 4.87. The van der Waals surface area contributed by atoms with Crippen molar-refractivity contribution >= 4 is 0 Å². The number of aryl methyl sites for hydroxylation is 1. The van der Waals surface area contributed by atoms with Gasteiger partial charge in [-0.2, -0.15) is 0 Å². The van der Waals surface area contributed by atoms with Crippen LogP contribution in [0.4, 0.5) is 0 Å². The lowest BCUT2D eigenvalue weighted by Gasteiger charge is -2.25. The van der Waals surface area contributed by atoms with E-state index in [1.54, 1.807) is 0 Å². The van der Waals surface area contributed by atoms with E-state index in [0.717, 1.165) is 31.4 Å². The second kappa shape index (κ2) is 7.05. The van der Waals surface area contributed by atoms with Gasteiger partial charge in [0.1, 0.15) is 0 Å². The first-order valence-electron chi connectivity index (χ1n) is 8.35. The molecule has 0 aromatic carbocycles. The summed E-state index contributed by atoms with van der Waals surface area (Å²) in [5.41, 5.74) is 1.32. The van der Waals surface area contributed by atoms with Gasteiger partial charge in [0.2, 0.25) is 0 Å². The van der Waals surface area contributed by atoms with E-state index >= 15 is 0 Å². The van der Waals surface area contributed by atoms with Crippen LogP contribution in [0.25, 0.3) is 0 Å². The van der Waals surface area contributed by atoms with Gasteiger partial charge in [0.25, 0.3) is 0 Å². The van der Waals surface area contributed by atoms with Gasteiger partial charge < -0.3 is 9.88 Å². The topological polar surface area (TPSA) is 60.6 Å². The molecule has 120 valence electrons. The highest BCUT2D eigenvalue weighted by Crippen LogP contribution is 2.30. The summed E-state index contributed by atoms with van der Waals surface area (Å²) in [7, 11) is 0. The number of hydrogen-bond donors (Lipinski definition) is 1. The van der Waals surface area contributed by atoms with Gasteiger partial charge in [0.05, 0.1) is 12.6 Å². The smallest absolute Gasteiger partial charge is 0.165 e. The van der Waals surface area contributed by atoms with Gasteiger partial charge in [-0.3, -0.25) is 0 Å². The van der Waals surface area contributed by atoms with Crippen molar-refractivity contribution in [2.75, 3.05) is 0 Å². The molecule has 1 aliphatic rings. The van der Waals surface area contributed by atoms with Crippen molar-refractivity contribution in [3.05, 3.63) is 29.8 Å². The fraction of sp³-hybridized carbons (Fsp3) is 0.688. The van der Waals surface area contributed by atoms with Gasteiger partial charge in [-0.1, -0.05) is 13.8 Å². The number of aromatic nitrogens is 5. The van der Waals surface area contributed by atoms with E-state index in [0.29, 0.717) is 6.04 Å². The Labute approximate surface area is 131 Å².